The number of amides is 1. The minimum absolute atomic E-state index is 0.0721. The fourth-order valence-corrected chi connectivity index (χ4v) is 6.04. The zero-order valence-corrected chi connectivity index (χ0v) is 18.5. The Labute approximate surface area is 174 Å². The van der Waals surface area contributed by atoms with E-state index in [0.29, 0.717) is 12.8 Å². The van der Waals surface area contributed by atoms with Crippen molar-refractivity contribution in [3.8, 4) is 0 Å². The van der Waals surface area contributed by atoms with E-state index in [0.717, 1.165) is 6.20 Å². The molecule has 11 heteroatoms. The average Bonchev–Trinajstić information content (AvgIpc) is 3.37. The Balaban J connectivity index is 2.13. The number of sulfone groups is 1. The molecule has 0 aromatic carbocycles. The quantitative estimate of drug-likeness (QED) is 0.699. The molecule has 0 unspecified atom stereocenters. The number of alkyl carbamates (subject to hydrolysis) is 1. The number of aliphatic imine (C=N–C) groups is 1. The minimum atomic E-state index is -3.85. The molecule has 0 bridgehead atoms. The van der Waals surface area contributed by atoms with Crippen molar-refractivity contribution in [1.82, 2.24) is 15.3 Å². The average molecular weight is 447 g/mol. The highest BCUT2D eigenvalue weighted by molar-refractivity contribution is 7.93. The fraction of sp³-hybridized carbons (Fsp3) is 0.667. The van der Waals surface area contributed by atoms with E-state index in [1.54, 1.807) is 27.7 Å². The van der Waals surface area contributed by atoms with Crippen LogP contribution in [-0.2, 0) is 20.1 Å². The first-order valence-corrected chi connectivity index (χ1v) is 11.2. The van der Waals surface area contributed by atoms with E-state index in [-0.39, 0.29) is 22.7 Å². The molecule has 2 aliphatic rings. The SMILES string of the molecule is CC(C)(C)OC(=O)NC1=N[C@](C)(c2nc(Cl)ncc2F)CS(=O)(=O)[C@@]1(C)C1CC1. The van der Waals surface area contributed by atoms with Gasteiger partial charge in [-0.25, -0.2) is 27.6 Å². The Bertz CT molecular complexity index is 990. The Morgan fingerprint density at radius 3 is 2.52 bits per heavy atom. The number of carbonyl (C=O) groups excluding carboxylic acids is 1. The molecule has 1 aromatic rings. The van der Waals surface area contributed by atoms with Crippen LogP contribution in [0.5, 0.6) is 0 Å². The third kappa shape index (κ3) is 4.09. The van der Waals surface area contributed by atoms with Gasteiger partial charge < -0.3 is 4.74 Å². The number of hydrogen-bond acceptors (Lipinski definition) is 7. The standard InChI is InChI=1S/C18H24ClFN4O4S/c1-16(2,3)28-15(25)23-13-18(5,10-6-7-10)29(26,27)9-17(4,24-13)12-11(20)8-21-14(19)22-12/h8,10H,6-7,9H2,1-5H3,(H,23,24,25)/t17-,18-/m0/s1. The maximum Gasteiger partial charge on any atom is 0.413 e. The number of halogens is 2. The van der Waals surface area contributed by atoms with Crippen LogP contribution in [0.1, 0.15) is 53.2 Å². The molecule has 1 amide bonds. The molecule has 2 atom stereocenters. The second kappa shape index (κ2) is 6.87. The second-order valence-electron chi connectivity index (χ2n) is 8.84. The van der Waals surface area contributed by atoms with Crippen molar-refractivity contribution in [3.05, 3.63) is 23.0 Å². The lowest BCUT2D eigenvalue weighted by molar-refractivity contribution is 0.0560. The minimum Gasteiger partial charge on any atom is -0.444 e. The summed E-state index contributed by atoms with van der Waals surface area (Å²) in [5.41, 5.74) is -2.62. The number of carbonyl (C=O) groups is 1. The number of ether oxygens (including phenoxy) is 1. The first kappa shape index (κ1) is 21.9. The Kier molecular flexibility index (Phi) is 5.18. The summed E-state index contributed by atoms with van der Waals surface area (Å²) in [6, 6.07) is 0. The van der Waals surface area contributed by atoms with E-state index in [4.69, 9.17) is 16.3 Å². The third-order valence-corrected chi connectivity index (χ3v) is 8.09. The molecule has 1 saturated carbocycles. The van der Waals surface area contributed by atoms with Gasteiger partial charge in [-0.1, -0.05) is 0 Å². The zero-order valence-electron chi connectivity index (χ0n) is 16.9. The van der Waals surface area contributed by atoms with Crippen molar-refractivity contribution in [2.75, 3.05) is 5.75 Å². The number of hydrogen-bond donors (Lipinski definition) is 1. The molecule has 1 aliphatic carbocycles. The molecule has 1 N–H and O–H groups in total. The third-order valence-electron chi connectivity index (χ3n) is 5.15. The van der Waals surface area contributed by atoms with Gasteiger partial charge in [-0.05, 0) is 65.0 Å². The van der Waals surface area contributed by atoms with E-state index < -0.39 is 43.4 Å². The summed E-state index contributed by atoms with van der Waals surface area (Å²) in [6.45, 7) is 8.05. The topological polar surface area (TPSA) is 111 Å². The van der Waals surface area contributed by atoms with Crippen LogP contribution in [0.4, 0.5) is 9.18 Å². The molecule has 0 spiro atoms. The lowest BCUT2D eigenvalue weighted by Gasteiger charge is -2.40. The molecule has 0 saturated heterocycles. The molecule has 1 aliphatic heterocycles. The first-order valence-electron chi connectivity index (χ1n) is 9.19. The molecular formula is C18H24ClFN4O4S. The van der Waals surface area contributed by atoms with Gasteiger partial charge in [-0.15, -0.1) is 0 Å². The van der Waals surface area contributed by atoms with Crippen molar-refractivity contribution in [1.29, 1.82) is 0 Å². The summed E-state index contributed by atoms with van der Waals surface area (Å²) in [4.78, 5) is 24.4. The highest BCUT2D eigenvalue weighted by Crippen LogP contribution is 2.49. The van der Waals surface area contributed by atoms with Gasteiger partial charge in [0.15, 0.2) is 15.7 Å². The Hall–Kier alpha value is -1.81. The molecule has 160 valence electrons. The smallest absolute Gasteiger partial charge is 0.413 e. The van der Waals surface area contributed by atoms with Crippen molar-refractivity contribution in [3.63, 3.8) is 0 Å². The lowest BCUT2D eigenvalue weighted by atomic mass is 9.97. The second-order valence-corrected chi connectivity index (χ2v) is 11.5. The predicted molar refractivity (Wildman–Crippen MR) is 106 cm³/mol. The molecule has 2 heterocycles. The van der Waals surface area contributed by atoms with Crippen molar-refractivity contribution < 1.29 is 22.3 Å². The van der Waals surface area contributed by atoms with Crippen LogP contribution in [0, 0.1) is 11.7 Å². The molecule has 8 nitrogen and oxygen atoms in total. The van der Waals surface area contributed by atoms with Gasteiger partial charge in [-0.3, -0.25) is 10.3 Å². The number of rotatable bonds is 2. The van der Waals surface area contributed by atoms with E-state index in [9.17, 15) is 17.6 Å². The largest absolute Gasteiger partial charge is 0.444 e. The van der Waals surface area contributed by atoms with Crippen LogP contribution in [-0.4, -0.2) is 46.4 Å². The van der Waals surface area contributed by atoms with Gasteiger partial charge >= 0.3 is 6.09 Å². The van der Waals surface area contributed by atoms with E-state index >= 15 is 0 Å². The monoisotopic (exact) mass is 446 g/mol. The maximum absolute atomic E-state index is 14.5. The van der Waals surface area contributed by atoms with Crippen molar-refractivity contribution in [2.24, 2.45) is 10.9 Å². The summed E-state index contributed by atoms with van der Waals surface area (Å²) in [6.07, 6.45) is 1.42. The first-order chi connectivity index (χ1) is 13.2. The van der Waals surface area contributed by atoms with Crippen molar-refractivity contribution >= 4 is 33.4 Å². The summed E-state index contributed by atoms with van der Waals surface area (Å²) in [5, 5.41) is 2.28. The maximum atomic E-state index is 14.5. The van der Waals surface area contributed by atoms with Crippen LogP contribution >= 0.6 is 11.6 Å². The molecule has 29 heavy (non-hydrogen) atoms. The van der Waals surface area contributed by atoms with E-state index in [1.807, 2.05) is 0 Å². The van der Waals surface area contributed by atoms with Crippen molar-refractivity contribution in [2.45, 2.75) is 63.3 Å². The van der Waals surface area contributed by atoms with Crippen LogP contribution in [0.3, 0.4) is 0 Å². The number of nitrogens with zero attached hydrogens (tertiary/aromatic N) is 3. The van der Waals surface area contributed by atoms with Crippen LogP contribution < -0.4 is 5.32 Å². The van der Waals surface area contributed by atoms with E-state index in [1.165, 1.54) is 6.92 Å². The Morgan fingerprint density at radius 2 is 1.97 bits per heavy atom. The zero-order chi connectivity index (χ0) is 21.8. The Morgan fingerprint density at radius 1 is 1.34 bits per heavy atom. The van der Waals surface area contributed by atoms with Crippen LogP contribution in [0.2, 0.25) is 5.28 Å². The number of amidine groups is 1. The summed E-state index contributed by atoms with van der Waals surface area (Å²) in [7, 11) is -3.85. The normalized spacial score (nSPS) is 29.1. The van der Waals surface area contributed by atoms with Gasteiger partial charge in [0.25, 0.3) is 0 Å². The fourth-order valence-electron chi connectivity index (χ4n) is 3.54. The van der Waals surface area contributed by atoms with Crippen LogP contribution in [0.25, 0.3) is 0 Å². The molecule has 1 aromatic heterocycles. The van der Waals surface area contributed by atoms with E-state index in [2.05, 4.69) is 20.3 Å². The highest BCUT2D eigenvalue weighted by Gasteiger charge is 2.60. The van der Waals surface area contributed by atoms with Gasteiger partial charge in [0.2, 0.25) is 5.28 Å². The lowest BCUT2D eigenvalue weighted by Crippen LogP contribution is -2.60. The summed E-state index contributed by atoms with van der Waals surface area (Å²) < 4.78 is 45.1. The summed E-state index contributed by atoms with van der Waals surface area (Å²) >= 11 is 5.80. The number of nitrogens with one attached hydrogen (secondary N) is 1. The predicted octanol–water partition coefficient (Wildman–Crippen LogP) is 3.00. The highest BCUT2D eigenvalue weighted by atomic mass is 35.5. The van der Waals surface area contributed by atoms with Gasteiger partial charge in [-0.2, -0.15) is 0 Å². The molecule has 3 rings (SSSR count). The van der Waals surface area contributed by atoms with Crippen LogP contribution in [0.15, 0.2) is 11.2 Å². The van der Waals surface area contributed by atoms with Gasteiger partial charge in [0, 0.05) is 0 Å². The molecular weight excluding hydrogens is 423 g/mol. The van der Waals surface area contributed by atoms with Gasteiger partial charge in [0.05, 0.1) is 11.9 Å². The summed E-state index contributed by atoms with van der Waals surface area (Å²) in [5.74, 6) is -1.57. The molecule has 0 radical (unpaired) electrons. The van der Waals surface area contributed by atoms with Gasteiger partial charge in [0.1, 0.15) is 27.4 Å². The number of aromatic nitrogens is 2. The molecule has 1 fully saturated rings.